The second kappa shape index (κ2) is 5.41. The summed E-state index contributed by atoms with van der Waals surface area (Å²) in [7, 11) is 0. The number of likely N-dealkylation sites (tertiary alicyclic amines) is 1. The predicted molar refractivity (Wildman–Crippen MR) is 60.8 cm³/mol. The third kappa shape index (κ3) is 2.80. The Balaban J connectivity index is 1.82. The lowest BCUT2D eigenvalue weighted by atomic mass is 9.97. The van der Waals surface area contributed by atoms with Crippen LogP contribution in [0.15, 0.2) is 6.20 Å². The molecule has 0 amide bonds. The summed E-state index contributed by atoms with van der Waals surface area (Å²) in [6, 6.07) is 0. The molecule has 0 unspecified atom stereocenters. The van der Waals surface area contributed by atoms with Gasteiger partial charge in [-0.3, -0.25) is 4.68 Å². The molecule has 5 heteroatoms. The van der Waals surface area contributed by atoms with Crippen molar-refractivity contribution in [3.8, 4) is 0 Å². The SMILES string of the molecule is CCN1CCC(Cn2cc(CO)nn2)CC1. The average molecular weight is 224 g/mol. The number of aliphatic hydroxyl groups is 1. The molecule has 1 fully saturated rings. The molecule has 0 aliphatic carbocycles. The van der Waals surface area contributed by atoms with Gasteiger partial charge in [0.25, 0.3) is 0 Å². The average Bonchev–Trinajstić information content (AvgIpc) is 2.78. The van der Waals surface area contributed by atoms with Crippen LogP contribution in [0.4, 0.5) is 0 Å². The maximum Gasteiger partial charge on any atom is 0.108 e. The first-order chi connectivity index (χ1) is 7.81. The predicted octanol–water partition coefficient (Wildman–Crippen LogP) is 0.502. The first-order valence-corrected chi connectivity index (χ1v) is 6.04. The highest BCUT2D eigenvalue weighted by Crippen LogP contribution is 2.18. The van der Waals surface area contributed by atoms with E-state index in [1.807, 2.05) is 10.9 Å². The molecule has 1 aliphatic rings. The maximum absolute atomic E-state index is 8.90. The van der Waals surface area contributed by atoms with Crippen molar-refractivity contribution >= 4 is 0 Å². The lowest BCUT2D eigenvalue weighted by Crippen LogP contribution is -2.34. The van der Waals surface area contributed by atoms with E-state index in [0.717, 1.165) is 13.1 Å². The summed E-state index contributed by atoms with van der Waals surface area (Å²) in [5.41, 5.74) is 0.658. The van der Waals surface area contributed by atoms with Gasteiger partial charge < -0.3 is 10.0 Å². The molecule has 1 aromatic rings. The molecule has 0 bridgehead atoms. The van der Waals surface area contributed by atoms with Gasteiger partial charge >= 0.3 is 0 Å². The summed E-state index contributed by atoms with van der Waals surface area (Å²) in [5, 5.41) is 16.8. The fourth-order valence-electron chi connectivity index (χ4n) is 2.25. The zero-order valence-corrected chi connectivity index (χ0v) is 9.84. The highest BCUT2D eigenvalue weighted by Gasteiger charge is 2.18. The Kier molecular flexibility index (Phi) is 3.90. The number of hydrogen-bond donors (Lipinski definition) is 1. The topological polar surface area (TPSA) is 54.2 Å². The number of nitrogens with zero attached hydrogens (tertiary/aromatic N) is 4. The highest BCUT2D eigenvalue weighted by molar-refractivity contribution is 4.89. The molecule has 1 aromatic heterocycles. The van der Waals surface area contributed by atoms with Gasteiger partial charge in [-0.2, -0.15) is 0 Å². The maximum atomic E-state index is 8.90. The Hall–Kier alpha value is -0.940. The summed E-state index contributed by atoms with van der Waals surface area (Å²) >= 11 is 0. The number of rotatable bonds is 4. The van der Waals surface area contributed by atoms with Gasteiger partial charge in [-0.15, -0.1) is 5.10 Å². The van der Waals surface area contributed by atoms with Crippen LogP contribution in [0.5, 0.6) is 0 Å². The zero-order valence-electron chi connectivity index (χ0n) is 9.84. The molecular weight excluding hydrogens is 204 g/mol. The highest BCUT2D eigenvalue weighted by atomic mass is 16.3. The van der Waals surface area contributed by atoms with E-state index in [0.29, 0.717) is 11.6 Å². The second-order valence-corrected chi connectivity index (χ2v) is 4.47. The van der Waals surface area contributed by atoms with Gasteiger partial charge in [0.2, 0.25) is 0 Å². The van der Waals surface area contributed by atoms with Crippen molar-refractivity contribution in [3.63, 3.8) is 0 Å². The Morgan fingerprint density at radius 1 is 1.44 bits per heavy atom. The molecule has 1 N–H and O–H groups in total. The third-order valence-corrected chi connectivity index (χ3v) is 3.35. The fourth-order valence-corrected chi connectivity index (χ4v) is 2.25. The van der Waals surface area contributed by atoms with Crippen molar-refractivity contribution < 1.29 is 5.11 Å². The second-order valence-electron chi connectivity index (χ2n) is 4.47. The zero-order chi connectivity index (χ0) is 11.4. The number of piperidine rings is 1. The molecule has 2 rings (SSSR count). The van der Waals surface area contributed by atoms with Crippen molar-refractivity contribution in [1.82, 2.24) is 19.9 Å². The van der Waals surface area contributed by atoms with Crippen LogP contribution in [0.3, 0.4) is 0 Å². The van der Waals surface area contributed by atoms with Gasteiger partial charge in [0.05, 0.1) is 12.8 Å². The number of hydrogen-bond acceptors (Lipinski definition) is 4. The van der Waals surface area contributed by atoms with Crippen molar-refractivity contribution in [2.24, 2.45) is 5.92 Å². The lowest BCUT2D eigenvalue weighted by molar-refractivity contribution is 0.177. The Labute approximate surface area is 96.1 Å². The Morgan fingerprint density at radius 3 is 2.75 bits per heavy atom. The van der Waals surface area contributed by atoms with Crippen LogP contribution in [0, 0.1) is 5.92 Å². The minimum absolute atomic E-state index is 0.0196. The summed E-state index contributed by atoms with van der Waals surface area (Å²) in [4.78, 5) is 2.48. The monoisotopic (exact) mass is 224 g/mol. The Morgan fingerprint density at radius 2 is 2.19 bits per heavy atom. The quantitative estimate of drug-likeness (QED) is 0.809. The van der Waals surface area contributed by atoms with E-state index in [4.69, 9.17) is 5.11 Å². The molecule has 1 saturated heterocycles. The molecule has 0 saturated carbocycles. The van der Waals surface area contributed by atoms with Crippen molar-refractivity contribution in [3.05, 3.63) is 11.9 Å². The molecule has 2 heterocycles. The molecule has 1 aliphatic heterocycles. The van der Waals surface area contributed by atoms with E-state index in [2.05, 4.69) is 22.1 Å². The summed E-state index contributed by atoms with van der Waals surface area (Å²) in [6.45, 7) is 6.68. The van der Waals surface area contributed by atoms with Gasteiger partial charge in [-0.25, -0.2) is 0 Å². The van der Waals surface area contributed by atoms with Crippen LogP contribution in [0.25, 0.3) is 0 Å². The van der Waals surface area contributed by atoms with Crippen molar-refractivity contribution in [1.29, 1.82) is 0 Å². The summed E-state index contributed by atoms with van der Waals surface area (Å²) < 4.78 is 1.86. The minimum Gasteiger partial charge on any atom is -0.390 e. The first kappa shape index (κ1) is 11.5. The fraction of sp³-hybridized carbons (Fsp3) is 0.818. The van der Waals surface area contributed by atoms with Gasteiger partial charge in [0.15, 0.2) is 0 Å². The summed E-state index contributed by atoms with van der Waals surface area (Å²) in [5.74, 6) is 0.705. The Bertz CT molecular complexity index is 318. The normalized spacial score (nSPS) is 19.1. The van der Waals surface area contributed by atoms with Gasteiger partial charge in [0, 0.05) is 6.54 Å². The van der Waals surface area contributed by atoms with E-state index < -0.39 is 0 Å². The molecule has 0 radical (unpaired) electrons. The smallest absolute Gasteiger partial charge is 0.108 e. The third-order valence-electron chi connectivity index (χ3n) is 3.35. The van der Waals surface area contributed by atoms with E-state index in [-0.39, 0.29) is 6.61 Å². The molecule has 0 atom stereocenters. The number of aliphatic hydroxyl groups excluding tert-OH is 1. The molecule has 90 valence electrons. The van der Waals surface area contributed by atoms with Gasteiger partial charge in [-0.05, 0) is 38.4 Å². The lowest BCUT2D eigenvalue weighted by Gasteiger charge is -2.30. The van der Waals surface area contributed by atoms with Crippen LogP contribution in [-0.2, 0) is 13.2 Å². The molecular formula is C11H20N4O. The molecule has 16 heavy (non-hydrogen) atoms. The standard InChI is InChI=1S/C11H20N4O/c1-2-14-5-3-10(4-6-14)7-15-8-11(9-16)12-13-15/h8,10,16H,2-7,9H2,1H3. The van der Waals surface area contributed by atoms with E-state index in [1.54, 1.807) is 0 Å². The summed E-state index contributed by atoms with van der Waals surface area (Å²) in [6.07, 6.45) is 4.32. The number of aromatic nitrogens is 3. The van der Waals surface area contributed by atoms with Crippen LogP contribution in [-0.4, -0.2) is 44.6 Å². The van der Waals surface area contributed by atoms with Crippen LogP contribution < -0.4 is 0 Å². The molecule has 0 aromatic carbocycles. The molecule has 0 spiro atoms. The van der Waals surface area contributed by atoms with Gasteiger partial charge in [0.1, 0.15) is 5.69 Å². The van der Waals surface area contributed by atoms with Crippen molar-refractivity contribution in [2.45, 2.75) is 32.9 Å². The van der Waals surface area contributed by atoms with Crippen LogP contribution in [0.2, 0.25) is 0 Å². The molecule has 5 nitrogen and oxygen atoms in total. The van der Waals surface area contributed by atoms with Crippen molar-refractivity contribution in [2.75, 3.05) is 19.6 Å². The van der Waals surface area contributed by atoms with Gasteiger partial charge in [-0.1, -0.05) is 12.1 Å². The van der Waals surface area contributed by atoms with Crippen LogP contribution in [0.1, 0.15) is 25.5 Å². The largest absolute Gasteiger partial charge is 0.390 e. The first-order valence-electron chi connectivity index (χ1n) is 6.04. The van der Waals surface area contributed by atoms with E-state index in [1.165, 1.54) is 25.9 Å². The van der Waals surface area contributed by atoms with Crippen LogP contribution >= 0.6 is 0 Å². The van der Waals surface area contributed by atoms with E-state index in [9.17, 15) is 0 Å². The van der Waals surface area contributed by atoms with E-state index >= 15 is 0 Å². The minimum atomic E-state index is -0.0196.